The van der Waals surface area contributed by atoms with E-state index >= 15 is 0 Å². The zero-order valence-electron chi connectivity index (χ0n) is 17.5. The van der Waals surface area contributed by atoms with Crippen molar-refractivity contribution in [3.05, 3.63) is 55.3 Å². The number of nitro groups is 1. The van der Waals surface area contributed by atoms with Crippen LogP contribution < -0.4 is 16.4 Å². The van der Waals surface area contributed by atoms with E-state index < -0.39 is 10.8 Å². The van der Waals surface area contributed by atoms with Gasteiger partial charge in [-0.15, -0.1) is 22.7 Å². The highest BCUT2D eigenvalue weighted by Crippen LogP contribution is 2.45. The smallest absolute Gasteiger partial charge is 0.270 e. The molecule has 2 amide bonds. The van der Waals surface area contributed by atoms with Crippen molar-refractivity contribution in [1.82, 2.24) is 5.32 Å². The van der Waals surface area contributed by atoms with E-state index in [1.165, 1.54) is 34.8 Å². The van der Waals surface area contributed by atoms with Crippen molar-refractivity contribution in [2.75, 3.05) is 5.32 Å². The summed E-state index contributed by atoms with van der Waals surface area (Å²) in [4.78, 5) is 37.2. The zero-order chi connectivity index (χ0) is 22.7. The first kappa shape index (κ1) is 21.4. The van der Waals surface area contributed by atoms with Crippen molar-refractivity contribution in [1.29, 1.82) is 0 Å². The number of benzene rings is 1. The molecule has 3 aromatic rings. The van der Waals surface area contributed by atoms with Gasteiger partial charge in [0.25, 0.3) is 17.5 Å². The van der Waals surface area contributed by atoms with Gasteiger partial charge in [0.05, 0.1) is 15.4 Å². The van der Waals surface area contributed by atoms with Crippen LogP contribution in [0.4, 0.5) is 10.7 Å². The molecule has 31 heavy (non-hydrogen) atoms. The lowest BCUT2D eigenvalue weighted by atomic mass is 9.81. The number of nitrogens with two attached hydrogens (primary N) is 1. The van der Waals surface area contributed by atoms with E-state index in [9.17, 15) is 19.7 Å². The molecule has 0 saturated carbocycles. The van der Waals surface area contributed by atoms with Gasteiger partial charge in [0.15, 0.2) is 0 Å². The summed E-state index contributed by atoms with van der Waals surface area (Å²) in [6, 6.07) is 6.10. The van der Waals surface area contributed by atoms with Gasteiger partial charge in [-0.1, -0.05) is 0 Å². The number of hydrogen-bond donors (Lipinski definition) is 3. The molecule has 162 valence electrons. The number of nitro benzene ring substituents is 1. The lowest BCUT2D eigenvalue weighted by Crippen LogP contribution is -2.55. The molecule has 0 saturated heterocycles. The molecule has 0 atom stereocenters. The summed E-state index contributed by atoms with van der Waals surface area (Å²) in [5.74, 6) is -0.955. The summed E-state index contributed by atoms with van der Waals surface area (Å²) < 4.78 is 0.767. The molecule has 8 nitrogen and oxygen atoms in total. The van der Waals surface area contributed by atoms with Crippen LogP contribution in [-0.2, 0) is 12.0 Å². The van der Waals surface area contributed by atoms with Crippen LogP contribution in [0, 0.1) is 10.1 Å². The number of thiophene rings is 2. The predicted octanol–water partition coefficient (Wildman–Crippen LogP) is 4.38. The Kier molecular flexibility index (Phi) is 4.91. The van der Waals surface area contributed by atoms with E-state index in [1.807, 2.05) is 13.8 Å². The van der Waals surface area contributed by atoms with Crippen LogP contribution in [0.3, 0.4) is 0 Å². The second kappa shape index (κ2) is 7.11. The number of nitrogens with zero attached hydrogens (tertiary/aromatic N) is 1. The highest BCUT2D eigenvalue weighted by molar-refractivity contribution is 7.21. The number of rotatable bonds is 4. The number of non-ortho nitro benzene ring substituents is 1. The Morgan fingerprint density at radius 1 is 1.19 bits per heavy atom. The monoisotopic (exact) mass is 458 g/mol. The van der Waals surface area contributed by atoms with Crippen LogP contribution in [0.15, 0.2) is 24.3 Å². The van der Waals surface area contributed by atoms with E-state index in [1.54, 1.807) is 12.1 Å². The van der Waals surface area contributed by atoms with Gasteiger partial charge in [-0.3, -0.25) is 19.7 Å². The summed E-state index contributed by atoms with van der Waals surface area (Å²) >= 11 is 2.59. The van der Waals surface area contributed by atoms with Gasteiger partial charge in [0.2, 0.25) is 0 Å². The predicted molar refractivity (Wildman–Crippen MR) is 123 cm³/mol. The third-order valence-electron chi connectivity index (χ3n) is 5.25. The van der Waals surface area contributed by atoms with E-state index in [-0.39, 0.29) is 22.7 Å². The lowest BCUT2D eigenvalue weighted by Gasteiger charge is -2.42. The maximum absolute atomic E-state index is 13.0. The Morgan fingerprint density at radius 2 is 1.90 bits per heavy atom. The van der Waals surface area contributed by atoms with Crippen LogP contribution in [0.1, 0.15) is 58.2 Å². The molecule has 0 unspecified atom stereocenters. The SMILES string of the molecule is CC1(C)Cc2c(sc(NC(=O)c3cc4cc([N+](=O)[O-])ccc4s3)c2C(N)=O)C(C)(C)N1. The Hall–Kier alpha value is -2.82. The van der Waals surface area contributed by atoms with Crippen LogP contribution >= 0.6 is 22.7 Å². The molecule has 1 aromatic carbocycles. The minimum absolute atomic E-state index is 0.0310. The average Bonchev–Trinajstić information content (AvgIpc) is 3.21. The van der Waals surface area contributed by atoms with Gasteiger partial charge in [-0.2, -0.15) is 0 Å². The molecular formula is C21H22N4O4S2. The van der Waals surface area contributed by atoms with Gasteiger partial charge >= 0.3 is 0 Å². The molecule has 1 aliphatic rings. The van der Waals surface area contributed by atoms with E-state index in [0.717, 1.165) is 15.1 Å². The Bertz CT molecular complexity index is 1260. The van der Waals surface area contributed by atoms with E-state index in [4.69, 9.17) is 5.73 Å². The minimum atomic E-state index is -0.576. The molecule has 2 aromatic heterocycles. The standard InChI is InChI=1S/C21H22N4O4S2/c1-20(2)9-12-15(17(22)26)19(31-16(12)21(3,4)24-20)23-18(27)14-8-10-7-11(25(28)29)5-6-13(10)30-14/h5-8,24H,9H2,1-4H3,(H2,22,26)(H,23,27). The van der Waals surface area contributed by atoms with Crippen LogP contribution in [0.5, 0.6) is 0 Å². The first-order valence-corrected chi connectivity index (χ1v) is 11.3. The van der Waals surface area contributed by atoms with Crippen molar-refractivity contribution < 1.29 is 14.5 Å². The molecule has 3 heterocycles. The zero-order valence-corrected chi connectivity index (χ0v) is 19.1. The number of fused-ring (bicyclic) bond motifs is 2. The van der Waals surface area contributed by atoms with Gasteiger partial charge in [-0.05, 0) is 51.8 Å². The number of carbonyl (C=O) groups is 2. The number of anilines is 1. The fourth-order valence-corrected chi connectivity index (χ4v) is 6.51. The molecular weight excluding hydrogens is 436 g/mol. The minimum Gasteiger partial charge on any atom is -0.365 e. The molecule has 0 fully saturated rings. The van der Waals surface area contributed by atoms with Crippen LogP contribution in [0.2, 0.25) is 0 Å². The molecule has 0 aliphatic carbocycles. The van der Waals surface area contributed by atoms with Crippen molar-refractivity contribution in [3.8, 4) is 0 Å². The van der Waals surface area contributed by atoms with Crippen molar-refractivity contribution in [2.24, 2.45) is 5.73 Å². The first-order valence-electron chi connectivity index (χ1n) is 9.62. The van der Waals surface area contributed by atoms with Crippen LogP contribution in [-0.4, -0.2) is 22.3 Å². The maximum Gasteiger partial charge on any atom is 0.270 e. The molecule has 0 bridgehead atoms. The highest BCUT2D eigenvalue weighted by atomic mass is 32.1. The third-order valence-corrected chi connectivity index (χ3v) is 7.84. The molecule has 4 N–H and O–H groups in total. The summed E-state index contributed by atoms with van der Waals surface area (Å²) in [5, 5.41) is 18.5. The van der Waals surface area contributed by atoms with Gasteiger partial charge < -0.3 is 16.4 Å². The van der Waals surface area contributed by atoms with Crippen molar-refractivity contribution in [2.45, 2.75) is 45.2 Å². The summed E-state index contributed by atoms with van der Waals surface area (Å²) in [6.45, 7) is 8.21. The lowest BCUT2D eigenvalue weighted by molar-refractivity contribution is -0.384. The van der Waals surface area contributed by atoms with Gasteiger partial charge in [0, 0.05) is 38.2 Å². The number of carbonyl (C=O) groups excluding carboxylic acids is 2. The normalized spacial score (nSPS) is 16.6. The summed E-state index contributed by atoms with van der Waals surface area (Å²) in [5.41, 5.74) is 6.29. The average molecular weight is 459 g/mol. The van der Waals surface area contributed by atoms with Crippen molar-refractivity contribution in [3.63, 3.8) is 0 Å². The van der Waals surface area contributed by atoms with Crippen molar-refractivity contribution >= 4 is 55.3 Å². The topological polar surface area (TPSA) is 127 Å². The van der Waals surface area contributed by atoms with Gasteiger partial charge in [0.1, 0.15) is 5.00 Å². The maximum atomic E-state index is 13.0. The number of hydrogen-bond acceptors (Lipinski definition) is 7. The molecule has 0 spiro atoms. The summed E-state index contributed by atoms with van der Waals surface area (Å²) in [7, 11) is 0. The Labute approximate surface area is 186 Å². The molecule has 10 heteroatoms. The highest BCUT2D eigenvalue weighted by Gasteiger charge is 2.41. The van der Waals surface area contributed by atoms with E-state index in [2.05, 4.69) is 24.5 Å². The Balaban J connectivity index is 1.72. The molecule has 4 rings (SSSR count). The second-order valence-corrected chi connectivity index (χ2v) is 10.9. The third kappa shape index (κ3) is 3.82. The summed E-state index contributed by atoms with van der Waals surface area (Å²) in [6.07, 6.45) is 0.614. The molecule has 1 aliphatic heterocycles. The first-order chi connectivity index (χ1) is 14.4. The number of primary amides is 1. The number of amides is 2. The fourth-order valence-electron chi connectivity index (χ4n) is 4.30. The fraction of sp³-hybridized carbons (Fsp3) is 0.333. The van der Waals surface area contributed by atoms with Crippen LogP contribution in [0.25, 0.3) is 10.1 Å². The Morgan fingerprint density at radius 3 is 2.55 bits per heavy atom. The number of nitrogens with one attached hydrogen (secondary N) is 2. The van der Waals surface area contributed by atoms with Gasteiger partial charge in [-0.25, -0.2) is 0 Å². The van der Waals surface area contributed by atoms with E-state index in [0.29, 0.717) is 27.2 Å². The largest absolute Gasteiger partial charge is 0.365 e. The quantitative estimate of drug-likeness (QED) is 0.395. The molecule has 0 radical (unpaired) electrons. The second-order valence-electron chi connectivity index (χ2n) is 8.83.